The number of anilines is 1. The predicted octanol–water partition coefficient (Wildman–Crippen LogP) is 1.97. The molecule has 0 aliphatic rings. The van der Waals surface area contributed by atoms with Crippen molar-refractivity contribution in [2.24, 2.45) is 0 Å². The van der Waals surface area contributed by atoms with Crippen molar-refractivity contribution in [2.75, 3.05) is 5.32 Å². The van der Waals surface area contributed by atoms with Gasteiger partial charge in [-0.2, -0.15) is 18.3 Å². The molecule has 0 spiro atoms. The number of aromatic amines is 1. The highest BCUT2D eigenvalue weighted by molar-refractivity contribution is 7.92. The summed E-state index contributed by atoms with van der Waals surface area (Å²) in [4.78, 5) is 21.8. The molecule has 0 saturated heterocycles. The fourth-order valence-corrected chi connectivity index (χ4v) is 2.75. The number of carbonyl (C=O) groups excluding carboxylic acids is 1. The monoisotopic (exact) mass is 391 g/mol. The number of hydrogen-bond donors (Lipinski definition) is 3. The number of nitrogens with one attached hydrogen (secondary N) is 2. The largest absolute Gasteiger partial charge is 0.501 e. The number of H-pyrrole nitrogens is 1. The van der Waals surface area contributed by atoms with E-state index in [1.165, 1.54) is 6.20 Å². The highest BCUT2D eigenvalue weighted by Gasteiger charge is 2.46. The van der Waals surface area contributed by atoms with Gasteiger partial charge < -0.3 is 10.4 Å². The smallest absolute Gasteiger partial charge is 0.481 e. The normalized spacial score (nSPS) is 12.0. The molecule has 0 atom stereocenters. The van der Waals surface area contributed by atoms with E-state index < -0.39 is 32.1 Å². The summed E-state index contributed by atoms with van der Waals surface area (Å²) in [6, 6.07) is 3.45. The van der Waals surface area contributed by atoms with Gasteiger partial charge in [-0.25, -0.2) is 8.42 Å². The van der Waals surface area contributed by atoms with E-state index in [4.69, 9.17) is 5.11 Å². The second-order valence-corrected chi connectivity index (χ2v) is 7.03. The van der Waals surface area contributed by atoms with E-state index in [1.807, 2.05) is 0 Å². The zero-order chi connectivity index (χ0) is 19.5. The number of sulfone groups is 1. The fourth-order valence-electron chi connectivity index (χ4n) is 1.98. The van der Waals surface area contributed by atoms with Crippen molar-refractivity contribution in [2.45, 2.75) is 23.2 Å². The van der Waals surface area contributed by atoms with Crippen LogP contribution in [0.25, 0.3) is 0 Å². The summed E-state index contributed by atoms with van der Waals surface area (Å²) in [6.07, 6.45) is 1.12. The molecule has 26 heavy (non-hydrogen) atoms. The minimum absolute atomic E-state index is 0.00163. The maximum absolute atomic E-state index is 12.5. The number of carboxylic acids is 1. The molecular formula is C14H12F3N3O5S. The van der Waals surface area contributed by atoms with Crippen molar-refractivity contribution in [1.82, 2.24) is 10.2 Å². The van der Waals surface area contributed by atoms with Crippen LogP contribution in [0, 0.1) is 0 Å². The molecule has 0 fully saturated rings. The number of carbonyl (C=O) groups is 2. The van der Waals surface area contributed by atoms with E-state index >= 15 is 0 Å². The molecule has 1 heterocycles. The van der Waals surface area contributed by atoms with E-state index in [9.17, 15) is 31.2 Å². The summed E-state index contributed by atoms with van der Waals surface area (Å²) in [5, 5.41) is 17.1. The topological polar surface area (TPSA) is 129 Å². The Bertz CT molecular complexity index is 920. The van der Waals surface area contributed by atoms with Crippen LogP contribution in [0.5, 0.6) is 0 Å². The third-order valence-electron chi connectivity index (χ3n) is 3.28. The second-order valence-electron chi connectivity index (χ2n) is 5.09. The third-order valence-corrected chi connectivity index (χ3v) is 4.78. The Kier molecular flexibility index (Phi) is 5.35. The number of halogens is 3. The summed E-state index contributed by atoms with van der Waals surface area (Å²) >= 11 is 0. The fraction of sp³-hybridized carbons (Fsp3) is 0.214. The van der Waals surface area contributed by atoms with Crippen molar-refractivity contribution in [1.29, 1.82) is 0 Å². The Hall–Kier alpha value is -2.89. The minimum atomic E-state index is -5.47. The van der Waals surface area contributed by atoms with E-state index in [-0.39, 0.29) is 24.2 Å². The number of carboxylic acid groups (broad SMARTS) is 1. The number of hydrogen-bond acceptors (Lipinski definition) is 5. The lowest BCUT2D eigenvalue weighted by molar-refractivity contribution is -0.136. The van der Waals surface area contributed by atoms with Gasteiger partial charge in [0, 0.05) is 17.7 Å². The molecule has 0 unspecified atom stereocenters. The third kappa shape index (κ3) is 4.20. The lowest BCUT2D eigenvalue weighted by Gasteiger charge is -2.09. The molecule has 0 aliphatic carbocycles. The van der Waals surface area contributed by atoms with Crippen molar-refractivity contribution in [3.05, 3.63) is 41.7 Å². The summed E-state index contributed by atoms with van der Waals surface area (Å²) in [7, 11) is -5.47. The Balaban J connectivity index is 2.14. The molecule has 0 bridgehead atoms. The Labute approximate surface area is 144 Å². The van der Waals surface area contributed by atoms with Gasteiger partial charge in [0.25, 0.3) is 15.7 Å². The number of amides is 1. The van der Waals surface area contributed by atoms with Gasteiger partial charge in [0.1, 0.15) is 5.69 Å². The first-order chi connectivity index (χ1) is 12.0. The van der Waals surface area contributed by atoms with Crippen LogP contribution in [0.15, 0.2) is 35.4 Å². The van der Waals surface area contributed by atoms with Gasteiger partial charge in [0.2, 0.25) is 0 Å². The molecular weight excluding hydrogens is 379 g/mol. The van der Waals surface area contributed by atoms with Crippen LogP contribution >= 0.6 is 0 Å². The molecule has 140 valence electrons. The summed E-state index contributed by atoms with van der Waals surface area (Å²) in [5.41, 5.74) is -5.03. The number of rotatable bonds is 6. The van der Waals surface area contributed by atoms with Gasteiger partial charge in [-0.15, -0.1) is 0 Å². The number of benzene rings is 1. The van der Waals surface area contributed by atoms with Crippen LogP contribution in [0.3, 0.4) is 0 Å². The molecule has 0 saturated carbocycles. The molecule has 8 nitrogen and oxygen atoms in total. The van der Waals surface area contributed by atoms with Gasteiger partial charge in [0.05, 0.1) is 11.1 Å². The van der Waals surface area contributed by atoms with Crippen molar-refractivity contribution < 1.29 is 36.3 Å². The first-order valence-corrected chi connectivity index (χ1v) is 8.47. The molecule has 12 heteroatoms. The second kappa shape index (κ2) is 7.15. The Morgan fingerprint density at radius 3 is 2.35 bits per heavy atom. The van der Waals surface area contributed by atoms with Crippen LogP contribution in [0.2, 0.25) is 0 Å². The van der Waals surface area contributed by atoms with Crippen LogP contribution < -0.4 is 5.32 Å². The van der Waals surface area contributed by atoms with Gasteiger partial charge in [-0.3, -0.25) is 14.7 Å². The Morgan fingerprint density at radius 2 is 1.81 bits per heavy atom. The summed E-state index contributed by atoms with van der Waals surface area (Å²) < 4.78 is 60.0. The van der Waals surface area contributed by atoms with Gasteiger partial charge >= 0.3 is 11.5 Å². The van der Waals surface area contributed by atoms with Gasteiger partial charge in [-0.1, -0.05) is 0 Å². The molecule has 0 radical (unpaired) electrons. The highest BCUT2D eigenvalue weighted by Crippen LogP contribution is 2.30. The number of aliphatic carboxylic acids is 1. The van der Waals surface area contributed by atoms with Crippen LogP contribution in [0.1, 0.15) is 22.5 Å². The van der Waals surface area contributed by atoms with E-state index in [0.717, 1.165) is 24.3 Å². The van der Waals surface area contributed by atoms with E-state index in [1.54, 1.807) is 0 Å². The summed E-state index contributed by atoms with van der Waals surface area (Å²) in [6.45, 7) is 0. The lowest BCUT2D eigenvalue weighted by atomic mass is 10.1. The lowest BCUT2D eigenvalue weighted by Crippen LogP contribution is -2.23. The molecule has 1 aromatic heterocycles. The molecule has 3 N–H and O–H groups in total. The average molecular weight is 391 g/mol. The standard InChI is InChI=1S/C14H12F3N3O5S/c15-14(16,17)26(24,25)10-4-2-9(3-5-10)19-13(23)12-8(7-18-20-12)1-6-11(21)22/h2-5,7H,1,6H2,(H,18,20)(H,19,23)(H,21,22). The predicted molar refractivity (Wildman–Crippen MR) is 82.2 cm³/mol. The SMILES string of the molecule is O=C(O)CCc1cn[nH]c1C(=O)Nc1ccc(S(=O)(=O)C(F)(F)F)cc1. The Morgan fingerprint density at radius 1 is 1.19 bits per heavy atom. The van der Waals surface area contributed by atoms with Gasteiger partial charge in [-0.05, 0) is 30.7 Å². The molecule has 2 aromatic rings. The number of aryl methyl sites for hydroxylation is 1. The van der Waals surface area contributed by atoms with E-state index in [2.05, 4.69) is 15.5 Å². The number of aromatic nitrogens is 2. The molecule has 1 amide bonds. The quantitative estimate of drug-likeness (QED) is 0.690. The zero-order valence-corrected chi connectivity index (χ0v) is 13.7. The van der Waals surface area contributed by atoms with Crippen LogP contribution in [-0.2, 0) is 21.1 Å². The number of alkyl halides is 3. The molecule has 2 rings (SSSR count). The van der Waals surface area contributed by atoms with Crippen LogP contribution in [-0.4, -0.2) is 41.1 Å². The molecule has 1 aromatic carbocycles. The molecule has 0 aliphatic heterocycles. The van der Waals surface area contributed by atoms with E-state index in [0.29, 0.717) is 5.56 Å². The van der Waals surface area contributed by atoms with Crippen LogP contribution in [0.4, 0.5) is 18.9 Å². The van der Waals surface area contributed by atoms with Crippen molar-refractivity contribution in [3.8, 4) is 0 Å². The number of nitrogens with zero attached hydrogens (tertiary/aromatic N) is 1. The maximum Gasteiger partial charge on any atom is 0.501 e. The minimum Gasteiger partial charge on any atom is -0.481 e. The highest BCUT2D eigenvalue weighted by atomic mass is 32.2. The zero-order valence-electron chi connectivity index (χ0n) is 12.9. The van der Waals surface area contributed by atoms with Crippen molar-refractivity contribution in [3.63, 3.8) is 0 Å². The average Bonchev–Trinajstić information content (AvgIpc) is 3.01. The maximum atomic E-state index is 12.5. The first kappa shape index (κ1) is 19.4. The van der Waals surface area contributed by atoms with Crippen molar-refractivity contribution >= 4 is 27.4 Å². The summed E-state index contributed by atoms with van der Waals surface area (Å²) in [5.74, 6) is -1.76. The van der Waals surface area contributed by atoms with Gasteiger partial charge in [0.15, 0.2) is 0 Å². The first-order valence-electron chi connectivity index (χ1n) is 6.99.